The molecule has 0 spiro atoms. The van der Waals surface area contributed by atoms with E-state index in [0.29, 0.717) is 6.08 Å². The van der Waals surface area contributed by atoms with Gasteiger partial charge in [0.25, 0.3) is 0 Å². The number of carboxylic acid groups (broad SMARTS) is 3. The lowest BCUT2D eigenvalue weighted by Gasteiger charge is -2.04. The zero-order valence-corrected chi connectivity index (χ0v) is 8.93. The fraction of sp³-hybridized carbons (Fsp3) is 0. The highest BCUT2D eigenvalue weighted by Gasteiger charge is 2.18. The Labute approximate surface area is 98.2 Å². The van der Waals surface area contributed by atoms with Crippen LogP contribution in [-0.2, 0) is 9.59 Å². The summed E-state index contributed by atoms with van der Waals surface area (Å²) in [6.45, 7) is 0. The number of aliphatic carboxylic acids is 2. The number of carbonyl (C=O) groups is 3. The van der Waals surface area contributed by atoms with Gasteiger partial charge in [0, 0.05) is 0 Å². The Hall–Kier alpha value is -2.35. The van der Waals surface area contributed by atoms with E-state index in [9.17, 15) is 14.4 Å². The molecule has 0 aliphatic carbocycles. The fourth-order valence-corrected chi connectivity index (χ4v) is 1.55. The molecule has 0 saturated heterocycles. The molecule has 0 unspecified atom stereocenters. The van der Waals surface area contributed by atoms with Crippen molar-refractivity contribution in [3.8, 4) is 5.75 Å². The largest absolute Gasteiger partial charge is 0.478 e. The summed E-state index contributed by atoms with van der Waals surface area (Å²) in [7, 11) is 0. The van der Waals surface area contributed by atoms with Gasteiger partial charge in [0.15, 0.2) is 10.6 Å². The predicted octanol–water partition coefficient (Wildman–Crippen LogP) is 0.878. The molecule has 7 nitrogen and oxygen atoms in total. The van der Waals surface area contributed by atoms with Crippen LogP contribution >= 0.6 is 11.3 Å². The lowest BCUT2D eigenvalue weighted by molar-refractivity contribution is -0.137. The molecule has 0 aliphatic heterocycles. The van der Waals surface area contributed by atoms with Crippen molar-refractivity contribution in [1.29, 1.82) is 0 Å². The Morgan fingerprint density at radius 3 is 2.35 bits per heavy atom. The number of hydrogen-bond donors (Lipinski definition) is 3. The van der Waals surface area contributed by atoms with E-state index >= 15 is 0 Å². The van der Waals surface area contributed by atoms with E-state index in [1.807, 2.05) is 0 Å². The average molecular weight is 258 g/mol. The second kappa shape index (κ2) is 5.12. The van der Waals surface area contributed by atoms with Crippen LogP contribution < -0.4 is 4.74 Å². The minimum Gasteiger partial charge on any atom is -0.478 e. The van der Waals surface area contributed by atoms with E-state index in [4.69, 9.17) is 20.1 Å². The molecule has 17 heavy (non-hydrogen) atoms. The molecule has 0 saturated carbocycles. The van der Waals surface area contributed by atoms with Crippen LogP contribution in [0.15, 0.2) is 23.3 Å². The molecule has 0 aliphatic rings. The summed E-state index contributed by atoms with van der Waals surface area (Å²) < 4.78 is 4.73. The summed E-state index contributed by atoms with van der Waals surface area (Å²) in [5, 5.41) is 27.2. The quantitative estimate of drug-likeness (QED) is 0.529. The van der Waals surface area contributed by atoms with Gasteiger partial charge >= 0.3 is 17.9 Å². The predicted molar refractivity (Wildman–Crippen MR) is 55.3 cm³/mol. The molecule has 1 aromatic heterocycles. The maximum absolute atomic E-state index is 10.7. The van der Waals surface area contributed by atoms with Crippen molar-refractivity contribution in [3.63, 3.8) is 0 Å². The van der Waals surface area contributed by atoms with E-state index in [0.717, 1.165) is 11.3 Å². The van der Waals surface area contributed by atoms with Crippen LogP contribution in [0, 0.1) is 0 Å². The highest BCUT2D eigenvalue weighted by molar-refractivity contribution is 7.12. The highest BCUT2D eigenvalue weighted by Crippen LogP contribution is 2.26. The number of ether oxygens (including phenoxy) is 1. The van der Waals surface area contributed by atoms with Gasteiger partial charge in [-0.05, 0) is 11.4 Å². The smallest absolute Gasteiger partial charge is 0.372 e. The minimum absolute atomic E-state index is 0.206. The molecule has 0 fully saturated rings. The zero-order chi connectivity index (χ0) is 13.0. The SMILES string of the molecule is O=C(O)/C=C(/Oc1ccsc1C(=O)O)C(=O)O. The molecule has 0 bridgehead atoms. The number of rotatable bonds is 5. The Morgan fingerprint density at radius 1 is 1.24 bits per heavy atom. The number of hydrogen-bond acceptors (Lipinski definition) is 5. The normalized spacial score (nSPS) is 10.9. The van der Waals surface area contributed by atoms with E-state index in [1.165, 1.54) is 11.4 Å². The van der Waals surface area contributed by atoms with Crippen molar-refractivity contribution in [2.75, 3.05) is 0 Å². The standard InChI is InChI=1S/C9H6O7S/c10-6(11)3-5(8(12)13)16-4-1-2-17-7(4)9(14)15/h1-3H,(H,10,11)(H,12,13)(H,14,15)/b5-3+. The van der Waals surface area contributed by atoms with Gasteiger partial charge in [-0.2, -0.15) is 0 Å². The fourth-order valence-electron chi connectivity index (χ4n) is 0.899. The van der Waals surface area contributed by atoms with Gasteiger partial charge in [-0.3, -0.25) is 0 Å². The summed E-state index contributed by atoms with van der Waals surface area (Å²) in [5.41, 5.74) is 0. The molecular formula is C9H6O7S. The third-order valence-electron chi connectivity index (χ3n) is 1.51. The molecule has 8 heteroatoms. The molecule has 3 N–H and O–H groups in total. The van der Waals surface area contributed by atoms with E-state index in [2.05, 4.69) is 0 Å². The first kappa shape index (κ1) is 12.7. The highest BCUT2D eigenvalue weighted by atomic mass is 32.1. The Balaban J connectivity index is 3.02. The van der Waals surface area contributed by atoms with Crippen molar-refractivity contribution in [1.82, 2.24) is 0 Å². The Kier molecular flexibility index (Phi) is 3.83. The van der Waals surface area contributed by atoms with Gasteiger partial charge in [0.05, 0.1) is 6.08 Å². The topological polar surface area (TPSA) is 121 Å². The van der Waals surface area contributed by atoms with Crippen LogP contribution in [0.2, 0.25) is 0 Å². The first-order chi connectivity index (χ1) is 7.91. The van der Waals surface area contributed by atoms with Gasteiger partial charge in [0.2, 0.25) is 5.76 Å². The Bertz CT molecular complexity index is 499. The van der Waals surface area contributed by atoms with Crippen molar-refractivity contribution >= 4 is 29.2 Å². The van der Waals surface area contributed by atoms with Crippen molar-refractivity contribution in [3.05, 3.63) is 28.2 Å². The maximum Gasteiger partial charge on any atom is 0.372 e. The molecule has 0 radical (unpaired) electrons. The van der Waals surface area contributed by atoms with Gasteiger partial charge in [-0.15, -0.1) is 11.3 Å². The molecule has 0 aromatic carbocycles. The molecule has 1 aromatic rings. The summed E-state index contributed by atoms with van der Waals surface area (Å²) in [6, 6.07) is 1.24. The summed E-state index contributed by atoms with van der Waals surface area (Å²) >= 11 is 0.838. The summed E-state index contributed by atoms with van der Waals surface area (Å²) in [5.74, 6) is -5.46. The maximum atomic E-state index is 10.7. The Morgan fingerprint density at radius 2 is 1.88 bits per heavy atom. The van der Waals surface area contributed by atoms with Crippen LogP contribution in [0.3, 0.4) is 0 Å². The van der Waals surface area contributed by atoms with E-state index in [-0.39, 0.29) is 10.6 Å². The second-order valence-corrected chi connectivity index (χ2v) is 3.59. The molecule has 0 atom stereocenters. The first-order valence-electron chi connectivity index (χ1n) is 4.08. The van der Waals surface area contributed by atoms with E-state index in [1.54, 1.807) is 0 Å². The average Bonchev–Trinajstić information content (AvgIpc) is 2.63. The van der Waals surface area contributed by atoms with Gasteiger partial charge in [-0.1, -0.05) is 0 Å². The molecule has 0 amide bonds. The second-order valence-electron chi connectivity index (χ2n) is 2.67. The van der Waals surface area contributed by atoms with E-state index < -0.39 is 23.7 Å². The zero-order valence-electron chi connectivity index (χ0n) is 8.11. The van der Waals surface area contributed by atoms with Crippen molar-refractivity contribution < 1.29 is 34.4 Å². The lowest BCUT2D eigenvalue weighted by Crippen LogP contribution is -2.11. The minimum atomic E-state index is -1.60. The van der Waals surface area contributed by atoms with Gasteiger partial charge in [0.1, 0.15) is 0 Å². The summed E-state index contributed by atoms with van der Waals surface area (Å²) in [6.07, 6.45) is 0.339. The van der Waals surface area contributed by atoms with Crippen LogP contribution in [0.1, 0.15) is 9.67 Å². The van der Waals surface area contributed by atoms with Crippen LogP contribution in [0.5, 0.6) is 5.75 Å². The van der Waals surface area contributed by atoms with Crippen LogP contribution in [0.4, 0.5) is 0 Å². The molecule has 1 rings (SSSR count). The third kappa shape index (κ3) is 3.31. The van der Waals surface area contributed by atoms with Gasteiger partial charge < -0.3 is 20.1 Å². The lowest BCUT2D eigenvalue weighted by atomic mass is 10.4. The summed E-state index contributed by atoms with van der Waals surface area (Å²) in [4.78, 5) is 31.5. The van der Waals surface area contributed by atoms with Crippen molar-refractivity contribution in [2.45, 2.75) is 0 Å². The van der Waals surface area contributed by atoms with Crippen LogP contribution in [0.25, 0.3) is 0 Å². The molecule has 1 heterocycles. The number of aromatic carboxylic acids is 1. The first-order valence-corrected chi connectivity index (χ1v) is 4.96. The monoisotopic (exact) mass is 258 g/mol. The van der Waals surface area contributed by atoms with Crippen molar-refractivity contribution in [2.24, 2.45) is 0 Å². The molecular weight excluding hydrogens is 252 g/mol. The number of thiophene rings is 1. The number of carboxylic acids is 3. The van der Waals surface area contributed by atoms with Gasteiger partial charge in [-0.25, -0.2) is 14.4 Å². The van der Waals surface area contributed by atoms with Crippen LogP contribution in [-0.4, -0.2) is 33.2 Å². The molecule has 90 valence electrons. The third-order valence-corrected chi connectivity index (χ3v) is 2.39.